The van der Waals surface area contributed by atoms with Gasteiger partial charge in [-0.1, -0.05) is 71.9 Å². The zero-order chi connectivity index (χ0) is 16.8. The summed E-state index contributed by atoms with van der Waals surface area (Å²) in [6.45, 7) is 4.94. The van der Waals surface area contributed by atoms with Crippen LogP contribution in [-0.4, -0.2) is 6.54 Å². The van der Waals surface area contributed by atoms with E-state index in [4.69, 9.17) is 46.4 Å². The van der Waals surface area contributed by atoms with Crippen molar-refractivity contribution in [2.75, 3.05) is 6.54 Å². The van der Waals surface area contributed by atoms with E-state index >= 15 is 0 Å². The van der Waals surface area contributed by atoms with Crippen LogP contribution >= 0.6 is 46.4 Å². The molecule has 0 bridgehead atoms. The predicted octanol–water partition coefficient (Wildman–Crippen LogP) is 5.69. The molecule has 0 aliphatic rings. The fraction of sp³-hybridized carbons (Fsp3) is 0.333. The predicted molar refractivity (Wildman–Crippen MR) is 101 cm³/mol. The van der Waals surface area contributed by atoms with Crippen LogP contribution in [0.5, 0.6) is 0 Å². The molecule has 0 radical (unpaired) electrons. The second-order valence-corrected chi connectivity index (χ2v) is 7.37. The molecule has 5 heteroatoms. The van der Waals surface area contributed by atoms with E-state index in [0.717, 1.165) is 43.6 Å². The van der Waals surface area contributed by atoms with Gasteiger partial charge in [0.1, 0.15) is 13.1 Å². The van der Waals surface area contributed by atoms with Gasteiger partial charge < -0.3 is 4.90 Å². The molecule has 0 aliphatic heterocycles. The smallest absolute Gasteiger partial charge is 0.105 e. The van der Waals surface area contributed by atoms with Gasteiger partial charge in [0.05, 0.1) is 16.6 Å². The first-order valence-corrected chi connectivity index (χ1v) is 9.22. The molecule has 0 unspecified atom stereocenters. The number of hydrogen-bond acceptors (Lipinski definition) is 0. The van der Waals surface area contributed by atoms with E-state index in [-0.39, 0.29) is 0 Å². The molecule has 0 amide bonds. The van der Waals surface area contributed by atoms with Gasteiger partial charge in [0.2, 0.25) is 0 Å². The average molecular weight is 392 g/mol. The molecular weight excluding hydrogens is 372 g/mol. The Morgan fingerprint density at radius 1 is 0.783 bits per heavy atom. The standard InChI is InChI=1S/C18H19Cl4N/c1-2-3-8-23(11-13-4-6-15(19)9-17(13)21)12-14-5-7-16(20)10-18(14)22/h4-7,9-10H,2-3,8,11-12H2,1H3/p+1. The highest BCUT2D eigenvalue weighted by atomic mass is 35.5. The lowest BCUT2D eigenvalue weighted by Crippen LogP contribution is -3.09. The zero-order valence-electron chi connectivity index (χ0n) is 13.0. The maximum atomic E-state index is 6.32. The van der Waals surface area contributed by atoms with Gasteiger partial charge >= 0.3 is 0 Å². The van der Waals surface area contributed by atoms with Crippen LogP contribution in [0, 0.1) is 0 Å². The van der Waals surface area contributed by atoms with E-state index in [1.807, 2.05) is 24.3 Å². The van der Waals surface area contributed by atoms with Crippen molar-refractivity contribution in [1.82, 2.24) is 0 Å². The molecule has 0 atom stereocenters. The third-order valence-electron chi connectivity index (χ3n) is 3.80. The fourth-order valence-corrected chi connectivity index (χ4v) is 3.49. The third kappa shape index (κ3) is 5.85. The highest BCUT2D eigenvalue weighted by Gasteiger charge is 2.15. The van der Waals surface area contributed by atoms with Crippen LogP contribution in [0.4, 0.5) is 0 Å². The van der Waals surface area contributed by atoms with E-state index in [0.29, 0.717) is 20.1 Å². The summed E-state index contributed by atoms with van der Waals surface area (Å²) in [5.41, 5.74) is 2.21. The minimum Gasteiger partial charge on any atom is -0.327 e. The molecule has 124 valence electrons. The summed E-state index contributed by atoms with van der Waals surface area (Å²) in [6, 6.07) is 11.4. The van der Waals surface area contributed by atoms with E-state index in [1.165, 1.54) is 4.90 Å². The zero-order valence-corrected chi connectivity index (χ0v) is 16.0. The van der Waals surface area contributed by atoms with Gasteiger partial charge in [-0.25, -0.2) is 0 Å². The number of nitrogens with one attached hydrogen (secondary N) is 1. The van der Waals surface area contributed by atoms with Gasteiger partial charge in [-0.05, 0) is 30.7 Å². The number of unbranched alkanes of at least 4 members (excludes halogenated alkanes) is 1. The number of hydrogen-bond donors (Lipinski definition) is 1. The lowest BCUT2D eigenvalue weighted by molar-refractivity contribution is -0.927. The summed E-state index contributed by atoms with van der Waals surface area (Å²) < 4.78 is 0. The highest BCUT2D eigenvalue weighted by Crippen LogP contribution is 2.22. The Balaban J connectivity index is 2.15. The summed E-state index contributed by atoms with van der Waals surface area (Å²) in [5, 5.41) is 2.76. The van der Waals surface area contributed by atoms with Crippen LogP contribution in [0.25, 0.3) is 0 Å². The van der Waals surface area contributed by atoms with Crippen molar-refractivity contribution in [3.8, 4) is 0 Å². The molecule has 0 aliphatic carbocycles. The van der Waals surface area contributed by atoms with Crippen LogP contribution in [-0.2, 0) is 13.1 Å². The molecule has 2 rings (SSSR count). The van der Waals surface area contributed by atoms with Gasteiger partial charge in [0.15, 0.2) is 0 Å². The topological polar surface area (TPSA) is 4.44 Å². The Kier molecular flexibility index (Phi) is 7.52. The summed E-state index contributed by atoms with van der Waals surface area (Å²) in [6.07, 6.45) is 2.32. The summed E-state index contributed by atoms with van der Waals surface area (Å²) in [5.74, 6) is 0. The van der Waals surface area contributed by atoms with Crippen molar-refractivity contribution in [1.29, 1.82) is 0 Å². The largest absolute Gasteiger partial charge is 0.327 e. The summed E-state index contributed by atoms with van der Waals surface area (Å²) in [7, 11) is 0. The van der Waals surface area contributed by atoms with Crippen LogP contribution in [0.2, 0.25) is 20.1 Å². The van der Waals surface area contributed by atoms with E-state index in [9.17, 15) is 0 Å². The molecule has 1 N–H and O–H groups in total. The summed E-state index contributed by atoms with van der Waals surface area (Å²) in [4.78, 5) is 1.42. The maximum absolute atomic E-state index is 6.32. The second kappa shape index (κ2) is 9.15. The Bertz CT molecular complexity index is 604. The molecule has 23 heavy (non-hydrogen) atoms. The number of halogens is 4. The Morgan fingerprint density at radius 2 is 1.26 bits per heavy atom. The SMILES string of the molecule is CCCC[NH+](Cc1ccc(Cl)cc1Cl)Cc1ccc(Cl)cc1Cl. The quantitative estimate of drug-likeness (QED) is 0.618. The van der Waals surface area contributed by atoms with Crippen LogP contribution in [0.3, 0.4) is 0 Å². The van der Waals surface area contributed by atoms with E-state index < -0.39 is 0 Å². The molecular formula is C18H20Cl4N+. The normalized spacial score (nSPS) is 11.2. The van der Waals surface area contributed by atoms with Crippen LogP contribution in [0.1, 0.15) is 30.9 Å². The van der Waals surface area contributed by atoms with Crippen molar-refractivity contribution in [3.63, 3.8) is 0 Å². The van der Waals surface area contributed by atoms with Crippen molar-refractivity contribution in [2.45, 2.75) is 32.9 Å². The first-order chi connectivity index (χ1) is 11.0. The average Bonchev–Trinajstić information content (AvgIpc) is 2.50. The van der Waals surface area contributed by atoms with E-state index in [1.54, 1.807) is 12.1 Å². The molecule has 0 saturated carbocycles. The van der Waals surface area contributed by atoms with Gasteiger partial charge in [0, 0.05) is 21.2 Å². The van der Waals surface area contributed by atoms with E-state index in [2.05, 4.69) is 6.92 Å². The first kappa shape index (κ1) is 18.9. The van der Waals surface area contributed by atoms with Gasteiger partial charge in [-0.3, -0.25) is 0 Å². The lowest BCUT2D eigenvalue weighted by Gasteiger charge is -2.21. The number of quaternary nitrogens is 1. The van der Waals surface area contributed by atoms with Gasteiger partial charge in [-0.15, -0.1) is 0 Å². The van der Waals surface area contributed by atoms with Crippen LogP contribution < -0.4 is 4.90 Å². The summed E-state index contributed by atoms with van der Waals surface area (Å²) >= 11 is 24.6. The fourth-order valence-electron chi connectivity index (χ4n) is 2.53. The molecule has 1 nitrogen and oxygen atoms in total. The van der Waals surface area contributed by atoms with Crippen molar-refractivity contribution in [2.24, 2.45) is 0 Å². The molecule has 0 fully saturated rings. The van der Waals surface area contributed by atoms with Crippen molar-refractivity contribution >= 4 is 46.4 Å². The molecule has 2 aromatic carbocycles. The maximum Gasteiger partial charge on any atom is 0.105 e. The molecule has 0 spiro atoms. The minimum atomic E-state index is 0.662. The van der Waals surface area contributed by atoms with Gasteiger partial charge in [-0.2, -0.15) is 0 Å². The molecule has 2 aromatic rings. The number of benzene rings is 2. The second-order valence-electron chi connectivity index (χ2n) is 5.68. The third-order valence-corrected chi connectivity index (χ3v) is 4.97. The van der Waals surface area contributed by atoms with Crippen molar-refractivity contribution < 1.29 is 4.90 Å². The highest BCUT2D eigenvalue weighted by molar-refractivity contribution is 6.35. The first-order valence-electron chi connectivity index (χ1n) is 7.71. The lowest BCUT2D eigenvalue weighted by atomic mass is 10.1. The molecule has 0 heterocycles. The van der Waals surface area contributed by atoms with Crippen molar-refractivity contribution in [3.05, 3.63) is 67.6 Å². The molecule has 0 saturated heterocycles. The van der Waals surface area contributed by atoms with Gasteiger partial charge in [0.25, 0.3) is 0 Å². The Hall–Kier alpha value is -0.440. The number of rotatable bonds is 7. The van der Waals surface area contributed by atoms with Crippen LogP contribution in [0.15, 0.2) is 36.4 Å². The monoisotopic (exact) mass is 390 g/mol. The Labute approximate surface area is 158 Å². The Morgan fingerprint density at radius 3 is 1.65 bits per heavy atom. The molecule has 0 aromatic heterocycles. The minimum absolute atomic E-state index is 0.662.